The number of halogens is 3. The first-order valence-electron chi connectivity index (χ1n) is 5.06. The van der Waals surface area contributed by atoms with Crippen molar-refractivity contribution < 1.29 is 9.53 Å². The lowest BCUT2D eigenvalue weighted by atomic mass is 10.2. The van der Waals surface area contributed by atoms with Gasteiger partial charge in [0, 0.05) is 19.8 Å². The minimum atomic E-state index is -0.495. The van der Waals surface area contributed by atoms with E-state index in [-0.39, 0.29) is 16.8 Å². The Morgan fingerprint density at radius 3 is 2.72 bits per heavy atom. The van der Waals surface area contributed by atoms with Crippen LogP contribution in [0.5, 0.6) is 0 Å². The Labute approximate surface area is 119 Å². The third-order valence-electron chi connectivity index (χ3n) is 2.51. The second-order valence-electron chi connectivity index (χ2n) is 3.81. The number of esters is 1. The Bertz CT molecular complexity index is 531. The fraction of sp³-hybridized carbons (Fsp3) is 0.273. The number of rotatable bonds is 3. The highest BCUT2D eigenvalue weighted by Gasteiger charge is 2.25. The molecule has 0 saturated carbocycles. The van der Waals surface area contributed by atoms with Gasteiger partial charge in [0.2, 0.25) is 0 Å². The fourth-order valence-electron chi connectivity index (χ4n) is 1.57. The molecule has 0 bridgehead atoms. The van der Waals surface area contributed by atoms with Crippen LogP contribution in [-0.4, -0.2) is 29.5 Å². The van der Waals surface area contributed by atoms with Gasteiger partial charge in [0.05, 0.1) is 10.7 Å². The first-order valence-corrected chi connectivity index (χ1v) is 6.19. The fourth-order valence-corrected chi connectivity index (χ4v) is 2.12. The summed E-state index contributed by atoms with van der Waals surface area (Å²) in [5.74, 6) is -0.495. The third-order valence-corrected chi connectivity index (χ3v) is 3.56. The normalized spacial score (nSPS) is 15.0. The molecule has 1 aliphatic heterocycles. The van der Waals surface area contributed by atoms with Gasteiger partial charge in [-0.25, -0.2) is 9.78 Å². The first-order chi connectivity index (χ1) is 8.49. The number of carbonyl (C=O) groups is 1. The lowest BCUT2D eigenvalue weighted by Gasteiger charge is -2.19. The van der Waals surface area contributed by atoms with Crippen LogP contribution in [-0.2, 0) is 16.1 Å². The average Bonchev–Trinajstić information content (AvgIpc) is 2.65. The second kappa shape index (κ2) is 5.34. The highest BCUT2D eigenvalue weighted by Crippen LogP contribution is 2.25. The van der Waals surface area contributed by atoms with Gasteiger partial charge in [0.15, 0.2) is 0 Å². The van der Waals surface area contributed by atoms with Gasteiger partial charge < -0.3 is 9.64 Å². The summed E-state index contributed by atoms with van der Waals surface area (Å²) >= 11 is 17.5. The standard InChI is InChI=1S/C11H9Cl3N2O2/c1-16(8-5-18-11(17)9(8)13)4-6-2-7(12)10(14)15-3-6/h2-3H,4-5H2,1H3. The molecule has 0 saturated heterocycles. The van der Waals surface area contributed by atoms with Crippen molar-refractivity contribution in [1.29, 1.82) is 0 Å². The van der Waals surface area contributed by atoms with Crippen molar-refractivity contribution in [3.05, 3.63) is 38.7 Å². The van der Waals surface area contributed by atoms with Gasteiger partial charge >= 0.3 is 5.97 Å². The number of likely N-dealkylation sites (N-methyl/N-ethyl adjacent to an activating group) is 1. The zero-order valence-electron chi connectivity index (χ0n) is 9.41. The maximum Gasteiger partial charge on any atom is 0.352 e. The van der Waals surface area contributed by atoms with Crippen LogP contribution >= 0.6 is 34.8 Å². The number of carbonyl (C=O) groups excluding carboxylic acids is 1. The maximum absolute atomic E-state index is 11.2. The Balaban J connectivity index is 2.14. The van der Waals surface area contributed by atoms with E-state index in [4.69, 9.17) is 39.5 Å². The molecule has 4 nitrogen and oxygen atoms in total. The van der Waals surface area contributed by atoms with Crippen LogP contribution in [0.25, 0.3) is 0 Å². The smallest absolute Gasteiger partial charge is 0.352 e. The van der Waals surface area contributed by atoms with E-state index in [0.29, 0.717) is 17.3 Å². The van der Waals surface area contributed by atoms with Crippen LogP contribution in [0.3, 0.4) is 0 Å². The molecular weight excluding hydrogens is 298 g/mol. The van der Waals surface area contributed by atoms with Crippen LogP contribution in [0, 0.1) is 0 Å². The summed E-state index contributed by atoms with van der Waals surface area (Å²) in [4.78, 5) is 16.9. The van der Waals surface area contributed by atoms with Crippen molar-refractivity contribution in [1.82, 2.24) is 9.88 Å². The van der Waals surface area contributed by atoms with Gasteiger partial charge in [0.25, 0.3) is 0 Å². The molecule has 1 aromatic heterocycles. The van der Waals surface area contributed by atoms with Crippen molar-refractivity contribution in [2.75, 3.05) is 13.7 Å². The topological polar surface area (TPSA) is 42.4 Å². The summed E-state index contributed by atoms with van der Waals surface area (Å²) in [7, 11) is 1.81. The van der Waals surface area contributed by atoms with Crippen LogP contribution in [0.2, 0.25) is 10.2 Å². The molecule has 1 aliphatic rings. The highest BCUT2D eigenvalue weighted by atomic mass is 35.5. The van der Waals surface area contributed by atoms with Gasteiger partial charge in [-0.15, -0.1) is 0 Å². The molecule has 96 valence electrons. The maximum atomic E-state index is 11.2. The quantitative estimate of drug-likeness (QED) is 0.636. The van der Waals surface area contributed by atoms with Gasteiger partial charge in [-0.3, -0.25) is 0 Å². The third kappa shape index (κ3) is 2.71. The lowest BCUT2D eigenvalue weighted by molar-refractivity contribution is -0.135. The van der Waals surface area contributed by atoms with Crippen molar-refractivity contribution in [3.8, 4) is 0 Å². The van der Waals surface area contributed by atoms with Gasteiger partial charge in [-0.2, -0.15) is 0 Å². The van der Waals surface area contributed by atoms with E-state index in [9.17, 15) is 4.79 Å². The van der Waals surface area contributed by atoms with E-state index in [2.05, 4.69) is 4.98 Å². The molecule has 7 heteroatoms. The van der Waals surface area contributed by atoms with Crippen molar-refractivity contribution in [3.63, 3.8) is 0 Å². The predicted molar refractivity (Wildman–Crippen MR) is 69.6 cm³/mol. The number of cyclic esters (lactones) is 1. The van der Waals surface area contributed by atoms with Crippen molar-refractivity contribution >= 4 is 40.8 Å². The van der Waals surface area contributed by atoms with E-state index in [0.717, 1.165) is 5.56 Å². The molecule has 0 atom stereocenters. The minimum absolute atomic E-state index is 0.116. The number of pyridine rings is 1. The molecule has 0 aliphatic carbocycles. The summed E-state index contributed by atoms with van der Waals surface area (Å²) in [6, 6.07) is 1.72. The van der Waals surface area contributed by atoms with E-state index in [1.807, 2.05) is 11.9 Å². The molecule has 2 heterocycles. The summed E-state index contributed by atoms with van der Waals surface area (Å²) in [5, 5.41) is 0.770. The minimum Gasteiger partial charge on any atom is -0.455 e. The largest absolute Gasteiger partial charge is 0.455 e. The van der Waals surface area contributed by atoms with Gasteiger partial charge in [-0.05, 0) is 11.6 Å². The number of hydrogen-bond acceptors (Lipinski definition) is 4. The summed E-state index contributed by atoms with van der Waals surface area (Å²) < 4.78 is 4.83. The zero-order chi connectivity index (χ0) is 13.3. The Morgan fingerprint density at radius 1 is 1.44 bits per heavy atom. The SMILES string of the molecule is CN(Cc1cnc(Cl)c(Cl)c1)C1=C(Cl)C(=O)OC1. The number of hydrogen-bond donors (Lipinski definition) is 0. The Morgan fingerprint density at radius 2 is 2.17 bits per heavy atom. The zero-order valence-corrected chi connectivity index (χ0v) is 11.7. The van der Waals surface area contributed by atoms with Gasteiger partial charge in [0.1, 0.15) is 16.8 Å². The van der Waals surface area contributed by atoms with Crippen LogP contribution < -0.4 is 0 Å². The molecule has 0 aromatic carbocycles. The van der Waals surface area contributed by atoms with Gasteiger partial charge in [-0.1, -0.05) is 34.8 Å². The first kappa shape index (κ1) is 13.5. The van der Waals surface area contributed by atoms with Crippen LogP contribution in [0.1, 0.15) is 5.56 Å². The molecule has 0 spiro atoms. The summed E-state index contributed by atoms with van der Waals surface area (Å²) in [6.45, 7) is 0.689. The predicted octanol–water partition coefficient (Wildman–Crippen LogP) is 2.83. The molecule has 0 N–H and O–H groups in total. The molecule has 0 fully saturated rings. The Hall–Kier alpha value is -0.970. The van der Waals surface area contributed by atoms with E-state index >= 15 is 0 Å². The monoisotopic (exact) mass is 306 g/mol. The van der Waals surface area contributed by atoms with E-state index in [1.165, 1.54) is 0 Å². The van der Waals surface area contributed by atoms with Crippen molar-refractivity contribution in [2.45, 2.75) is 6.54 Å². The van der Waals surface area contributed by atoms with Crippen LogP contribution in [0.4, 0.5) is 0 Å². The highest BCUT2D eigenvalue weighted by molar-refractivity contribution is 6.42. The van der Waals surface area contributed by atoms with E-state index in [1.54, 1.807) is 12.3 Å². The molecule has 0 unspecified atom stereocenters. The number of nitrogens with zero attached hydrogens (tertiary/aromatic N) is 2. The average molecular weight is 308 g/mol. The lowest BCUT2D eigenvalue weighted by Crippen LogP contribution is -2.19. The molecule has 18 heavy (non-hydrogen) atoms. The summed E-state index contributed by atoms with van der Waals surface area (Å²) in [6.07, 6.45) is 1.62. The van der Waals surface area contributed by atoms with Crippen molar-refractivity contribution in [2.24, 2.45) is 0 Å². The second-order valence-corrected chi connectivity index (χ2v) is 4.95. The van der Waals surface area contributed by atoms with Crippen LogP contribution in [0.15, 0.2) is 23.0 Å². The van der Waals surface area contributed by atoms with E-state index < -0.39 is 5.97 Å². The molecular formula is C11H9Cl3N2O2. The molecule has 0 radical (unpaired) electrons. The Kier molecular flexibility index (Phi) is 4.00. The number of ether oxygens (including phenoxy) is 1. The summed E-state index contributed by atoms with van der Waals surface area (Å²) in [5.41, 5.74) is 1.51. The number of aromatic nitrogens is 1. The molecule has 1 aromatic rings. The molecule has 2 rings (SSSR count). The molecule has 0 amide bonds.